The van der Waals surface area contributed by atoms with Gasteiger partial charge in [0.1, 0.15) is 0 Å². The van der Waals surface area contributed by atoms with Crippen LogP contribution in [0.25, 0.3) is 0 Å². The second-order valence-electron chi connectivity index (χ2n) is 6.56. The van der Waals surface area contributed by atoms with E-state index >= 15 is 0 Å². The van der Waals surface area contributed by atoms with Crippen LogP contribution in [-0.2, 0) is 10.2 Å². The molecule has 3 atom stereocenters. The number of aliphatic hydroxyl groups is 1. The second kappa shape index (κ2) is 6.50. The summed E-state index contributed by atoms with van der Waals surface area (Å²) in [4.78, 5) is 2.43. The Kier molecular flexibility index (Phi) is 4.85. The molecule has 3 saturated heterocycles. The maximum absolute atomic E-state index is 12.7. The molecule has 0 aromatic carbocycles. The van der Waals surface area contributed by atoms with Gasteiger partial charge in [0, 0.05) is 31.2 Å². The molecular weight excluding hydrogens is 290 g/mol. The van der Waals surface area contributed by atoms with Crippen LogP contribution in [0, 0.1) is 0 Å². The Morgan fingerprint density at radius 3 is 2.57 bits per heavy atom. The number of hydrogen-bond donors (Lipinski definition) is 2. The zero-order valence-electron chi connectivity index (χ0n) is 12.6. The molecule has 0 aliphatic carbocycles. The van der Waals surface area contributed by atoms with Gasteiger partial charge in [-0.2, -0.15) is 17.4 Å². The fourth-order valence-electron chi connectivity index (χ4n) is 4.12. The van der Waals surface area contributed by atoms with E-state index in [9.17, 15) is 13.5 Å². The fraction of sp³-hybridized carbons (Fsp3) is 1.00. The smallest absolute Gasteiger partial charge is 0.280 e. The Hall–Kier alpha value is -0.210. The Balaban J connectivity index is 1.67. The van der Waals surface area contributed by atoms with Crippen LogP contribution < -0.4 is 4.72 Å². The number of aliphatic hydroxyl groups excluding tert-OH is 1. The van der Waals surface area contributed by atoms with Gasteiger partial charge in [0.25, 0.3) is 10.2 Å². The van der Waals surface area contributed by atoms with E-state index in [0.29, 0.717) is 12.6 Å². The lowest BCUT2D eigenvalue weighted by atomic mass is 10.00. The van der Waals surface area contributed by atoms with Crippen molar-refractivity contribution in [3.05, 3.63) is 0 Å². The van der Waals surface area contributed by atoms with Crippen molar-refractivity contribution < 1.29 is 13.5 Å². The third kappa shape index (κ3) is 3.27. The minimum Gasteiger partial charge on any atom is -0.395 e. The molecular formula is C14H27N3O3S. The van der Waals surface area contributed by atoms with Crippen molar-refractivity contribution in [3.63, 3.8) is 0 Å². The summed E-state index contributed by atoms with van der Waals surface area (Å²) < 4.78 is 29.8. The summed E-state index contributed by atoms with van der Waals surface area (Å²) in [5, 5.41) is 9.43. The number of hydrogen-bond acceptors (Lipinski definition) is 4. The van der Waals surface area contributed by atoms with Crippen molar-refractivity contribution >= 4 is 10.2 Å². The Morgan fingerprint density at radius 1 is 1.00 bits per heavy atom. The first kappa shape index (κ1) is 15.7. The average molecular weight is 317 g/mol. The highest BCUT2D eigenvalue weighted by Gasteiger charge is 2.40. The second-order valence-corrected chi connectivity index (χ2v) is 8.21. The topological polar surface area (TPSA) is 72.9 Å². The number of fused-ring (bicyclic) bond motifs is 1. The molecule has 3 unspecified atom stereocenters. The van der Waals surface area contributed by atoms with E-state index in [1.165, 1.54) is 17.1 Å². The normalized spacial score (nSPS) is 35.8. The highest BCUT2D eigenvalue weighted by atomic mass is 32.2. The van der Waals surface area contributed by atoms with E-state index in [2.05, 4.69) is 9.62 Å². The molecule has 0 spiro atoms. The zero-order valence-corrected chi connectivity index (χ0v) is 13.4. The number of rotatable bonds is 4. The molecule has 0 aromatic rings. The first-order chi connectivity index (χ1) is 10.1. The van der Waals surface area contributed by atoms with Gasteiger partial charge in [-0.15, -0.1) is 0 Å². The standard InChI is InChI=1S/C14H27N3O3S/c18-11-12-5-1-4-9-17(12)21(19,20)15-13-7-10-16-8-3-2-6-14(13)16/h12-15,18H,1-11H2. The summed E-state index contributed by atoms with van der Waals surface area (Å²) in [5.74, 6) is 0. The van der Waals surface area contributed by atoms with Crippen molar-refractivity contribution in [2.45, 2.75) is 63.1 Å². The van der Waals surface area contributed by atoms with Gasteiger partial charge in [-0.05, 0) is 38.6 Å². The lowest BCUT2D eigenvalue weighted by molar-refractivity contribution is 0.151. The molecule has 0 saturated carbocycles. The van der Waals surface area contributed by atoms with Gasteiger partial charge in [-0.25, -0.2) is 0 Å². The first-order valence-electron chi connectivity index (χ1n) is 8.26. The molecule has 122 valence electrons. The van der Waals surface area contributed by atoms with E-state index in [1.54, 1.807) is 0 Å². The van der Waals surface area contributed by atoms with Crippen molar-refractivity contribution in [1.82, 2.24) is 13.9 Å². The summed E-state index contributed by atoms with van der Waals surface area (Å²) in [6.07, 6.45) is 7.07. The van der Waals surface area contributed by atoms with Crippen LogP contribution >= 0.6 is 0 Å². The molecule has 3 aliphatic rings. The largest absolute Gasteiger partial charge is 0.395 e. The molecule has 0 amide bonds. The molecule has 3 rings (SSSR count). The van der Waals surface area contributed by atoms with E-state index < -0.39 is 10.2 Å². The van der Waals surface area contributed by atoms with E-state index in [0.717, 1.165) is 45.2 Å². The maximum Gasteiger partial charge on any atom is 0.280 e. The van der Waals surface area contributed by atoms with Crippen molar-refractivity contribution in [2.75, 3.05) is 26.2 Å². The Bertz CT molecular complexity index is 456. The lowest BCUT2D eigenvalue weighted by Crippen LogP contribution is -2.55. The molecule has 3 fully saturated rings. The van der Waals surface area contributed by atoms with E-state index in [4.69, 9.17) is 0 Å². The molecule has 7 heteroatoms. The summed E-state index contributed by atoms with van der Waals surface area (Å²) in [5.41, 5.74) is 0. The SMILES string of the molecule is O=S(=O)(NC1CCN2CCCCC12)N1CCCCC1CO. The fourth-order valence-corrected chi connectivity index (χ4v) is 5.84. The first-order valence-corrected chi connectivity index (χ1v) is 9.70. The molecule has 0 radical (unpaired) electrons. The number of piperidine rings is 2. The molecule has 21 heavy (non-hydrogen) atoms. The van der Waals surface area contributed by atoms with Crippen LogP contribution in [0.2, 0.25) is 0 Å². The Morgan fingerprint density at radius 2 is 1.76 bits per heavy atom. The molecule has 0 aromatic heterocycles. The quantitative estimate of drug-likeness (QED) is 0.782. The monoisotopic (exact) mass is 317 g/mol. The van der Waals surface area contributed by atoms with Gasteiger partial charge in [0.2, 0.25) is 0 Å². The van der Waals surface area contributed by atoms with Gasteiger partial charge in [-0.3, -0.25) is 4.90 Å². The molecule has 2 N–H and O–H groups in total. The number of nitrogens with zero attached hydrogens (tertiary/aromatic N) is 2. The van der Waals surface area contributed by atoms with Crippen molar-refractivity contribution in [1.29, 1.82) is 0 Å². The predicted molar refractivity (Wildman–Crippen MR) is 81.1 cm³/mol. The van der Waals surface area contributed by atoms with Gasteiger partial charge in [0.05, 0.1) is 6.61 Å². The van der Waals surface area contributed by atoms with E-state index in [1.807, 2.05) is 0 Å². The van der Waals surface area contributed by atoms with E-state index in [-0.39, 0.29) is 18.7 Å². The average Bonchev–Trinajstić information content (AvgIpc) is 2.90. The molecule has 0 bridgehead atoms. The lowest BCUT2D eigenvalue weighted by Gasteiger charge is -2.36. The molecule has 3 aliphatic heterocycles. The van der Waals surface area contributed by atoms with Gasteiger partial charge >= 0.3 is 0 Å². The summed E-state index contributed by atoms with van der Waals surface area (Å²) >= 11 is 0. The van der Waals surface area contributed by atoms with Gasteiger partial charge in [0.15, 0.2) is 0 Å². The van der Waals surface area contributed by atoms with Gasteiger partial charge in [-0.1, -0.05) is 12.8 Å². The third-order valence-corrected chi connectivity index (χ3v) is 6.95. The summed E-state index contributed by atoms with van der Waals surface area (Å²) in [6.45, 7) is 2.55. The highest BCUT2D eigenvalue weighted by Crippen LogP contribution is 2.28. The summed E-state index contributed by atoms with van der Waals surface area (Å²) in [6, 6.07) is 0.155. The van der Waals surface area contributed by atoms with Crippen LogP contribution in [0.5, 0.6) is 0 Å². The predicted octanol–water partition coefficient (Wildman–Crippen LogP) is 0.294. The van der Waals surface area contributed by atoms with Crippen molar-refractivity contribution in [2.24, 2.45) is 0 Å². The maximum atomic E-state index is 12.7. The number of nitrogens with one attached hydrogen (secondary N) is 1. The molecule has 3 heterocycles. The van der Waals surface area contributed by atoms with Crippen LogP contribution in [0.4, 0.5) is 0 Å². The van der Waals surface area contributed by atoms with Gasteiger partial charge < -0.3 is 5.11 Å². The van der Waals surface area contributed by atoms with Crippen LogP contribution in [0.1, 0.15) is 44.9 Å². The van der Waals surface area contributed by atoms with Crippen LogP contribution in [-0.4, -0.2) is 67.1 Å². The minimum atomic E-state index is -3.48. The third-order valence-electron chi connectivity index (χ3n) is 5.25. The summed E-state index contributed by atoms with van der Waals surface area (Å²) in [7, 11) is -3.48. The van der Waals surface area contributed by atoms with Crippen LogP contribution in [0.3, 0.4) is 0 Å². The molecule has 6 nitrogen and oxygen atoms in total. The Labute approximate surface area is 127 Å². The minimum absolute atomic E-state index is 0.0385. The van der Waals surface area contributed by atoms with Crippen molar-refractivity contribution in [3.8, 4) is 0 Å². The zero-order chi connectivity index (χ0) is 14.9. The highest BCUT2D eigenvalue weighted by molar-refractivity contribution is 7.87. The van der Waals surface area contributed by atoms with Crippen LogP contribution in [0.15, 0.2) is 0 Å².